The SMILES string of the molecule is CCN(CC)C(=O)CCCNCc1ccc(-c2nc3ccccc3s2)o1. The predicted octanol–water partition coefficient (Wildman–Crippen LogP) is 4.29. The number of aromatic nitrogens is 1. The summed E-state index contributed by atoms with van der Waals surface area (Å²) in [5.41, 5.74) is 1.00. The molecule has 0 unspecified atom stereocenters. The molecule has 0 saturated heterocycles. The van der Waals surface area contributed by atoms with Crippen molar-refractivity contribution in [2.75, 3.05) is 19.6 Å². The normalized spacial score (nSPS) is 11.2. The smallest absolute Gasteiger partial charge is 0.222 e. The third kappa shape index (κ3) is 4.51. The molecule has 6 heteroatoms. The number of para-hydroxylation sites is 1. The first kappa shape index (κ1) is 18.6. The summed E-state index contributed by atoms with van der Waals surface area (Å²) in [5, 5.41) is 4.25. The van der Waals surface area contributed by atoms with Gasteiger partial charge in [-0.25, -0.2) is 4.98 Å². The number of carbonyl (C=O) groups excluding carboxylic acids is 1. The molecule has 0 aliphatic heterocycles. The highest BCUT2D eigenvalue weighted by molar-refractivity contribution is 7.21. The average molecular weight is 372 g/mol. The molecule has 2 heterocycles. The van der Waals surface area contributed by atoms with E-state index >= 15 is 0 Å². The molecule has 0 spiro atoms. The number of nitrogens with zero attached hydrogens (tertiary/aromatic N) is 2. The van der Waals surface area contributed by atoms with Gasteiger partial charge in [0.15, 0.2) is 10.8 Å². The molecule has 0 bridgehead atoms. The Morgan fingerprint density at radius 1 is 1.19 bits per heavy atom. The zero-order chi connectivity index (χ0) is 18.4. The fourth-order valence-electron chi connectivity index (χ4n) is 2.88. The quantitative estimate of drug-likeness (QED) is 0.570. The van der Waals surface area contributed by atoms with E-state index in [1.807, 2.05) is 49.1 Å². The van der Waals surface area contributed by atoms with Crippen molar-refractivity contribution in [3.63, 3.8) is 0 Å². The summed E-state index contributed by atoms with van der Waals surface area (Å²) in [5.74, 6) is 1.92. The van der Waals surface area contributed by atoms with Gasteiger partial charge in [-0.1, -0.05) is 12.1 Å². The van der Waals surface area contributed by atoms with E-state index in [0.29, 0.717) is 13.0 Å². The summed E-state index contributed by atoms with van der Waals surface area (Å²) in [6.07, 6.45) is 1.42. The van der Waals surface area contributed by atoms with Gasteiger partial charge in [0.05, 0.1) is 16.8 Å². The van der Waals surface area contributed by atoms with E-state index in [1.54, 1.807) is 11.3 Å². The van der Waals surface area contributed by atoms with E-state index < -0.39 is 0 Å². The molecule has 5 nitrogen and oxygen atoms in total. The number of rotatable bonds is 9. The van der Waals surface area contributed by atoms with E-state index in [9.17, 15) is 4.79 Å². The third-order valence-corrected chi connectivity index (χ3v) is 5.38. The van der Waals surface area contributed by atoms with E-state index in [4.69, 9.17) is 4.42 Å². The lowest BCUT2D eigenvalue weighted by atomic mass is 10.2. The second kappa shape index (κ2) is 8.96. The van der Waals surface area contributed by atoms with Crippen molar-refractivity contribution in [3.8, 4) is 10.8 Å². The van der Waals surface area contributed by atoms with E-state index in [2.05, 4.69) is 16.4 Å². The van der Waals surface area contributed by atoms with Crippen LogP contribution in [0.1, 0.15) is 32.4 Å². The maximum atomic E-state index is 11.9. The van der Waals surface area contributed by atoms with Crippen LogP contribution in [0.4, 0.5) is 0 Å². The molecule has 2 aromatic heterocycles. The van der Waals surface area contributed by atoms with Crippen LogP contribution in [0, 0.1) is 0 Å². The number of benzene rings is 1. The minimum atomic E-state index is 0.230. The highest BCUT2D eigenvalue weighted by atomic mass is 32.1. The second-order valence-electron chi connectivity index (χ2n) is 6.10. The number of nitrogens with one attached hydrogen (secondary N) is 1. The van der Waals surface area contributed by atoms with Crippen LogP contribution in [0.25, 0.3) is 21.0 Å². The van der Waals surface area contributed by atoms with Crippen molar-refractivity contribution in [2.24, 2.45) is 0 Å². The Labute approximate surface area is 158 Å². The Kier molecular flexibility index (Phi) is 6.41. The molecule has 3 rings (SSSR count). The van der Waals surface area contributed by atoms with Gasteiger partial charge in [-0.3, -0.25) is 4.79 Å². The fraction of sp³-hybridized carbons (Fsp3) is 0.400. The lowest BCUT2D eigenvalue weighted by Gasteiger charge is -2.18. The molecule has 0 aliphatic carbocycles. The first-order valence-corrected chi connectivity index (χ1v) is 9.96. The maximum absolute atomic E-state index is 11.9. The summed E-state index contributed by atoms with van der Waals surface area (Å²) < 4.78 is 7.07. The van der Waals surface area contributed by atoms with Crippen molar-refractivity contribution in [1.82, 2.24) is 15.2 Å². The number of furan rings is 1. The Morgan fingerprint density at radius 3 is 2.77 bits per heavy atom. The molecule has 138 valence electrons. The van der Waals surface area contributed by atoms with E-state index in [0.717, 1.165) is 52.8 Å². The molecule has 0 fully saturated rings. The molecular formula is C20H25N3O2S. The molecule has 0 aliphatic rings. The predicted molar refractivity (Wildman–Crippen MR) is 106 cm³/mol. The standard InChI is InChI=1S/C20H25N3O2S/c1-3-23(4-2)19(24)10-7-13-21-14-15-11-12-17(25-15)20-22-16-8-5-6-9-18(16)26-20/h5-6,8-9,11-12,21H,3-4,7,10,13-14H2,1-2H3. The van der Waals surface area contributed by atoms with Crippen molar-refractivity contribution in [1.29, 1.82) is 0 Å². The molecule has 0 atom stereocenters. The van der Waals surface area contributed by atoms with Crippen LogP contribution in [-0.4, -0.2) is 35.4 Å². The molecule has 0 radical (unpaired) electrons. The van der Waals surface area contributed by atoms with Gasteiger partial charge in [0.1, 0.15) is 5.76 Å². The molecule has 3 aromatic rings. The maximum Gasteiger partial charge on any atom is 0.222 e. The zero-order valence-corrected chi connectivity index (χ0v) is 16.1. The molecular weight excluding hydrogens is 346 g/mol. The van der Waals surface area contributed by atoms with E-state index in [1.165, 1.54) is 0 Å². The van der Waals surface area contributed by atoms with Crippen LogP contribution in [0.5, 0.6) is 0 Å². The molecule has 1 N–H and O–H groups in total. The van der Waals surface area contributed by atoms with Gasteiger partial charge >= 0.3 is 0 Å². The Balaban J connectivity index is 1.46. The number of thiazole rings is 1. The molecule has 0 saturated carbocycles. The first-order chi connectivity index (χ1) is 12.7. The van der Waals surface area contributed by atoms with Gasteiger partial charge in [0.2, 0.25) is 5.91 Å². The van der Waals surface area contributed by atoms with Crippen molar-refractivity contribution in [2.45, 2.75) is 33.2 Å². The topological polar surface area (TPSA) is 58.4 Å². The lowest BCUT2D eigenvalue weighted by molar-refractivity contribution is -0.130. The summed E-state index contributed by atoms with van der Waals surface area (Å²) in [4.78, 5) is 18.4. The second-order valence-corrected chi connectivity index (χ2v) is 7.13. The highest BCUT2D eigenvalue weighted by Crippen LogP contribution is 2.31. The Bertz CT molecular complexity index is 818. The van der Waals surface area contributed by atoms with Crippen LogP contribution >= 0.6 is 11.3 Å². The highest BCUT2D eigenvalue weighted by Gasteiger charge is 2.11. The summed E-state index contributed by atoms with van der Waals surface area (Å²) in [7, 11) is 0. The lowest BCUT2D eigenvalue weighted by Crippen LogP contribution is -2.30. The minimum Gasteiger partial charge on any atom is -0.457 e. The number of amides is 1. The van der Waals surface area contributed by atoms with Gasteiger partial charge in [-0.2, -0.15) is 0 Å². The number of hydrogen-bond acceptors (Lipinski definition) is 5. The van der Waals surface area contributed by atoms with Gasteiger partial charge in [0, 0.05) is 19.5 Å². The average Bonchev–Trinajstić information content (AvgIpc) is 3.29. The Hall–Kier alpha value is -2.18. The van der Waals surface area contributed by atoms with Crippen molar-refractivity contribution >= 4 is 27.5 Å². The van der Waals surface area contributed by atoms with Crippen LogP contribution < -0.4 is 5.32 Å². The van der Waals surface area contributed by atoms with Crippen LogP contribution in [-0.2, 0) is 11.3 Å². The molecule has 1 amide bonds. The van der Waals surface area contributed by atoms with Crippen LogP contribution in [0.15, 0.2) is 40.8 Å². The van der Waals surface area contributed by atoms with Crippen molar-refractivity contribution in [3.05, 3.63) is 42.2 Å². The number of carbonyl (C=O) groups is 1. The van der Waals surface area contributed by atoms with Crippen molar-refractivity contribution < 1.29 is 9.21 Å². The number of fused-ring (bicyclic) bond motifs is 1. The van der Waals surface area contributed by atoms with Crippen LogP contribution in [0.3, 0.4) is 0 Å². The van der Waals surface area contributed by atoms with E-state index in [-0.39, 0.29) is 5.91 Å². The molecule has 1 aromatic carbocycles. The zero-order valence-electron chi connectivity index (χ0n) is 15.3. The van der Waals surface area contributed by atoms with Gasteiger partial charge in [-0.05, 0) is 51.1 Å². The molecule has 26 heavy (non-hydrogen) atoms. The largest absolute Gasteiger partial charge is 0.457 e. The summed E-state index contributed by atoms with van der Waals surface area (Å²) in [6.45, 7) is 7.04. The Morgan fingerprint density at radius 2 is 2.00 bits per heavy atom. The fourth-order valence-corrected chi connectivity index (χ4v) is 3.80. The van der Waals surface area contributed by atoms with Gasteiger partial charge < -0.3 is 14.6 Å². The summed E-state index contributed by atoms with van der Waals surface area (Å²) >= 11 is 1.64. The van der Waals surface area contributed by atoms with Gasteiger partial charge in [-0.15, -0.1) is 11.3 Å². The third-order valence-electron chi connectivity index (χ3n) is 4.33. The summed E-state index contributed by atoms with van der Waals surface area (Å²) in [6, 6.07) is 12.1. The van der Waals surface area contributed by atoms with Crippen LogP contribution in [0.2, 0.25) is 0 Å². The van der Waals surface area contributed by atoms with Gasteiger partial charge in [0.25, 0.3) is 0 Å². The first-order valence-electron chi connectivity index (χ1n) is 9.14. The minimum absolute atomic E-state index is 0.230. The monoisotopic (exact) mass is 371 g/mol. The number of hydrogen-bond donors (Lipinski definition) is 1.